The maximum absolute atomic E-state index is 6.31. The van der Waals surface area contributed by atoms with Crippen molar-refractivity contribution in [2.75, 3.05) is 0 Å². The number of benzene rings is 5. The molecule has 0 aliphatic carbocycles. The van der Waals surface area contributed by atoms with Crippen molar-refractivity contribution in [1.82, 2.24) is 0 Å². The van der Waals surface area contributed by atoms with Gasteiger partial charge < -0.3 is 0 Å². The van der Waals surface area contributed by atoms with Crippen LogP contribution in [0.3, 0.4) is 0 Å². The number of rotatable bonds is 1. The normalized spacial score (nSPS) is 11.5. The number of fused-ring (bicyclic) bond motifs is 6. The lowest BCUT2D eigenvalue weighted by Crippen LogP contribution is -1.85. The van der Waals surface area contributed by atoms with Gasteiger partial charge in [0.1, 0.15) is 0 Å². The van der Waals surface area contributed by atoms with E-state index in [1.165, 1.54) is 21.5 Å². The van der Waals surface area contributed by atoms with Gasteiger partial charge in [0.05, 0.1) is 0 Å². The van der Waals surface area contributed by atoms with Crippen LogP contribution in [0.5, 0.6) is 0 Å². The van der Waals surface area contributed by atoms with Crippen LogP contribution < -0.4 is 0 Å². The summed E-state index contributed by atoms with van der Waals surface area (Å²) < 4.78 is 0. The Morgan fingerprint density at radius 1 is 0.333 bits per heavy atom. The average molecular weight is 408 g/mol. The molecule has 0 spiro atoms. The van der Waals surface area contributed by atoms with Crippen molar-refractivity contribution in [2.45, 2.75) is 0 Å². The van der Waals surface area contributed by atoms with Gasteiger partial charge in [-0.1, -0.05) is 71.2 Å². The van der Waals surface area contributed by atoms with Crippen molar-refractivity contribution in [3.8, 4) is 11.1 Å². The van der Waals surface area contributed by atoms with Crippen molar-refractivity contribution >= 4 is 67.1 Å². The molecule has 0 unspecified atom stereocenters. The van der Waals surface area contributed by atoms with Gasteiger partial charge in [-0.3, -0.25) is 0 Å². The van der Waals surface area contributed by atoms with Gasteiger partial charge >= 0.3 is 0 Å². The first kappa shape index (κ1) is 16.9. The first-order chi connectivity index (χ1) is 13.1. The van der Waals surface area contributed by atoms with Crippen LogP contribution >= 0.6 is 34.8 Å². The maximum Gasteiger partial charge on any atom is 0.0412 e. The number of halogens is 3. The Morgan fingerprint density at radius 2 is 0.741 bits per heavy atom. The highest BCUT2D eigenvalue weighted by Gasteiger charge is 2.11. The van der Waals surface area contributed by atoms with E-state index in [0.29, 0.717) is 0 Å². The second kappa shape index (κ2) is 6.42. The summed E-state index contributed by atoms with van der Waals surface area (Å²) in [4.78, 5) is 0. The zero-order valence-electron chi connectivity index (χ0n) is 14.1. The molecule has 0 aliphatic rings. The summed E-state index contributed by atoms with van der Waals surface area (Å²) in [6, 6.07) is 26.6. The molecule has 0 aromatic heterocycles. The van der Waals surface area contributed by atoms with Crippen molar-refractivity contribution in [3.05, 3.63) is 93.9 Å². The Labute approximate surface area is 171 Å². The predicted octanol–water partition coefficient (Wildman–Crippen LogP) is 8.77. The molecule has 0 heterocycles. The highest BCUT2D eigenvalue weighted by molar-refractivity contribution is 6.35. The summed E-state index contributed by atoms with van der Waals surface area (Å²) in [5.41, 5.74) is 2.29. The molecule has 0 fully saturated rings. The van der Waals surface area contributed by atoms with Crippen molar-refractivity contribution in [3.63, 3.8) is 0 Å². The summed E-state index contributed by atoms with van der Waals surface area (Å²) >= 11 is 18.6. The zero-order chi connectivity index (χ0) is 18.5. The lowest BCUT2D eigenvalue weighted by atomic mass is 9.92. The van der Waals surface area contributed by atoms with Crippen LogP contribution in [0, 0.1) is 0 Å². The Kier molecular flexibility index (Phi) is 4.02. The molecule has 5 aromatic carbocycles. The third-order valence-electron chi connectivity index (χ3n) is 5.03. The van der Waals surface area contributed by atoms with Crippen molar-refractivity contribution < 1.29 is 0 Å². The lowest BCUT2D eigenvalue weighted by molar-refractivity contribution is 1.65. The highest BCUT2D eigenvalue weighted by atomic mass is 35.5. The van der Waals surface area contributed by atoms with E-state index in [4.69, 9.17) is 34.8 Å². The second-order valence-corrected chi connectivity index (χ2v) is 7.96. The van der Waals surface area contributed by atoms with E-state index in [1.807, 2.05) is 48.5 Å². The van der Waals surface area contributed by atoms with Crippen LogP contribution in [-0.4, -0.2) is 0 Å². The van der Waals surface area contributed by atoms with Crippen LogP contribution in [0.15, 0.2) is 78.9 Å². The molecule has 0 amide bonds. The first-order valence-corrected chi connectivity index (χ1v) is 9.74. The molecule has 3 heteroatoms. The molecule has 0 saturated heterocycles. The summed E-state index contributed by atoms with van der Waals surface area (Å²) in [6.45, 7) is 0. The fourth-order valence-corrected chi connectivity index (χ4v) is 4.24. The molecule has 5 rings (SSSR count). The molecule has 0 atom stereocenters. The predicted molar refractivity (Wildman–Crippen MR) is 119 cm³/mol. The van der Waals surface area contributed by atoms with E-state index in [2.05, 4.69) is 30.3 Å². The van der Waals surface area contributed by atoms with E-state index in [1.54, 1.807) is 0 Å². The van der Waals surface area contributed by atoms with Gasteiger partial charge in [-0.25, -0.2) is 0 Å². The minimum absolute atomic E-state index is 0.719. The summed E-state index contributed by atoms with van der Waals surface area (Å²) in [7, 11) is 0. The molecule has 27 heavy (non-hydrogen) atoms. The molecule has 0 bridgehead atoms. The van der Waals surface area contributed by atoms with Crippen molar-refractivity contribution in [2.24, 2.45) is 0 Å². The third kappa shape index (κ3) is 2.85. The topological polar surface area (TPSA) is 0 Å². The lowest BCUT2D eigenvalue weighted by Gasteiger charge is -2.13. The quantitative estimate of drug-likeness (QED) is 0.244. The average Bonchev–Trinajstić information content (AvgIpc) is 2.68. The van der Waals surface area contributed by atoms with Gasteiger partial charge in [0.2, 0.25) is 0 Å². The standard InChI is InChI=1S/C24H13Cl3/c25-16-4-1-14(2-5-16)15-3-8-19-20-9-6-17(26)12-23(20)24-13-18(27)7-10-21(24)22(19)11-15/h1-13H. The van der Waals surface area contributed by atoms with E-state index in [-0.39, 0.29) is 0 Å². The van der Waals surface area contributed by atoms with Gasteiger partial charge in [0.15, 0.2) is 0 Å². The Morgan fingerprint density at radius 3 is 1.33 bits per heavy atom. The molecule has 0 saturated carbocycles. The van der Waals surface area contributed by atoms with E-state index < -0.39 is 0 Å². The Balaban J connectivity index is 1.92. The largest absolute Gasteiger partial charge is 0.0843 e. The zero-order valence-corrected chi connectivity index (χ0v) is 16.4. The smallest absolute Gasteiger partial charge is 0.0412 e. The maximum atomic E-state index is 6.31. The molecule has 0 nitrogen and oxygen atoms in total. The highest BCUT2D eigenvalue weighted by Crippen LogP contribution is 2.39. The molecule has 0 N–H and O–H groups in total. The fourth-order valence-electron chi connectivity index (χ4n) is 3.77. The minimum atomic E-state index is 0.719. The van der Waals surface area contributed by atoms with E-state index >= 15 is 0 Å². The van der Waals surface area contributed by atoms with Gasteiger partial charge in [-0.15, -0.1) is 0 Å². The van der Waals surface area contributed by atoms with Gasteiger partial charge in [0.25, 0.3) is 0 Å². The van der Waals surface area contributed by atoms with Gasteiger partial charge in [-0.2, -0.15) is 0 Å². The minimum Gasteiger partial charge on any atom is -0.0843 e. The molecule has 130 valence electrons. The first-order valence-electron chi connectivity index (χ1n) is 8.60. The number of hydrogen-bond acceptors (Lipinski definition) is 0. The van der Waals surface area contributed by atoms with Crippen LogP contribution in [0.2, 0.25) is 15.1 Å². The number of hydrogen-bond donors (Lipinski definition) is 0. The molecule has 0 radical (unpaired) electrons. The van der Waals surface area contributed by atoms with Crippen molar-refractivity contribution in [1.29, 1.82) is 0 Å². The van der Waals surface area contributed by atoms with Crippen LogP contribution in [0.25, 0.3) is 43.4 Å². The van der Waals surface area contributed by atoms with Crippen LogP contribution in [0.4, 0.5) is 0 Å². The summed E-state index contributed by atoms with van der Waals surface area (Å²) in [5, 5.41) is 9.15. The van der Waals surface area contributed by atoms with Gasteiger partial charge in [-0.05, 0) is 85.9 Å². The van der Waals surface area contributed by atoms with Gasteiger partial charge in [0, 0.05) is 15.1 Å². The Bertz CT molecular complexity index is 1340. The second-order valence-electron chi connectivity index (χ2n) is 6.65. The van der Waals surface area contributed by atoms with E-state index in [0.717, 1.165) is 37.0 Å². The van der Waals surface area contributed by atoms with Crippen LogP contribution in [-0.2, 0) is 0 Å². The summed E-state index contributed by atoms with van der Waals surface area (Å²) in [6.07, 6.45) is 0. The monoisotopic (exact) mass is 406 g/mol. The molecule has 0 aliphatic heterocycles. The fraction of sp³-hybridized carbons (Fsp3) is 0. The van der Waals surface area contributed by atoms with E-state index in [9.17, 15) is 0 Å². The molecular formula is C24H13Cl3. The SMILES string of the molecule is Clc1ccc(-c2ccc3c4ccc(Cl)cc4c4cc(Cl)ccc4c3c2)cc1. The Hall–Kier alpha value is -2.25. The molecular weight excluding hydrogens is 395 g/mol. The van der Waals surface area contributed by atoms with Crippen LogP contribution in [0.1, 0.15) is 0 Å². The summed E-state index contributed by atoms with van der Waals surface area (Å²) in [5.74, 6) is 0. The molecule has 5 aromatic rings. The third-order valence-corrected chi connectivity index (χ3v) is 5.75.